The Kier molecular flexibility index (Phi) is 5.52. The van der Waals surface area contributed by atoms with Gasteiger partial charge in [0.05, 0.1) is 24.1 Å². The van der Waals surface area contributed by atoms with Gasteiger partial charge in [-0.1, -0.05) is 41.7 Å². The summed E-state index contributed by atoms with van der Waals surface area (Å²) in [5.74, 6) is 0.773. The lowest BCUT2D eigenvalue weighted by Gasteiger charge is -1.99. The van der Waals surface area contributed by atoms with Gasteiger partial charge in [0.15, 0.2) is 5.00 Å². The molecule has 0 radical (unpaired) electrons. The standard InChI is InChI=1S/C20H16N4OS/c1-14-19(24-23-17-6-4-3-5-7-17)26-20(22-14)16(13-21)12-15-8-10-18(25-2)11-9-15/h3-12H,1-2H3. The monoisotopic (exact) mass is 360 g/mol. The van der Waals surface area contributed by atoms with Crippen molar-refractivity contribution in [2.45, 2.75) is 6.92 Å². The van der Waals surface area contributed by atoms with Gasteiger partial charge in [0.1, 0.15) is 16.8 Å². The lowest BCUT2D eigenvalue weighted by molar-refractivity contribution is 0.415. The molecule has 26 heavy (non-hydrogen) atoms. The van der Waals surface area contributed by atoms with Crippen LogP contribution in [0.2, 0.25) is 0 Å². The van der Waals surface area contributed by atoms with E-state index in [9.17, 15) is 5.26 Å². The minimum absolute atomic E-state index is 0.490. The SMILES string of the molecule is COc1ccc(C=C(C#N)c2nc(C)c(N=Nc3ccccc3)s2)cc1. The minimum Gasteiger partial charge on any atom is -0.497 e. The van der Waals surface area contributed by atoms with E-state index >= 15 is 0 Å². The first-order chi connectivity index (χ1) is 12.7. The maximum atomic E-state index is 9.52. The molecule has 0 spiro atoms. The highest BCUT2D eigenvalue weighted by Gasteiger charge is 2.11. The summed E-state index contributed by atoms with van der Waals surface area (Å²) in [5.41, 5.74) is 2.92. The zero-order chi connectivity index (χ0) is 18.4. The van der Waals surface area contributed by atoms with E-state index in [1.165, 1.54) is 11.3 Å². The Hall–Kier alpha value is -3.30. The predicted molar refractivity (Wildman–Crippen MR) is 104 cm³/mol. The van der Waals surface area contributed by atoms with Crippen molar-refractivity contribution in [3.63, 3.8) is 0 Å². The van der Waals surface area contributed by atoms with Crippen molar-refractivity contribution in [3.05, 3.63) is 70.9 Å². The fraction of sp³-hybridized carbons (Fsp3) is 0.100. The summed E-state index contributed by atoms with van der Waals surface area (Å²) in [6, 6.07) is 19.2. The van der Waals surface area contributed by atoms with Gasteiger partial charge < -0.3 is 4.74 Å². The average Bonchev–Trinajstić information content (AvgIpc) is 3.06. The van der Waals surface area contributed by atoms with Crippen LogP contribution in [-0.4, -0.2) is 12.1 Å². The van der Waals surface area contributed by atoms with Gasteiger partial charge in [0, 0.05) is 0 Å². The molecule has 0 bridgehead atoms. The highest BCUT2D eigenvalue weighted by atomic mass is 32.1. The number of benzene rings is 2. The second-order valence-electron chi connectivity index (χ2n) is 5.39. The van der Waals surface area contributed by atoms with Crippen LogP contribution in [-0.2, 0) is 0 Å². The van der Waals surface area contributed by atoms with E-state index in [0.29, 0.717) is 15.6 Å². The summed E-state index contributed by atoms with van der Waals surface area (Å²) in [5, 5.41) is 19.3. The number of methoxy groups -OCH3 is 1. The number of hydrogen-bond donors (Lipinski definition) is 0. The van der Waals surface area contributed by atoms with E-state index in [0.717, 1.165) is 22.7 Å². The van der Waals surface area contributed by atoms with Crippen LogP contribution < -0.4 is 4.74 Å². The molecule has 6 heteroatoms. The van der Waals surface area contributed by atoms with E-state index in [2.05, 4.69) is 21.3 Å². The number of ether oxygens (including phenoxy) is 1. The van der Waals surface area contributed by atoms with Crippen LogP contribution in [0.4, 0.5) is 10.7 Å². The summed E-state index contributed by atoms with van der Waals surface area (Å²) in [6.45, 7) is 1.86. The number of aryl methyl sites for hydroxylation is 1. The molecule has 0 fully saturated rings. The smallest absolute Gasteiger partial charge is 0.162 e. The van der Waals surface area contributed by atoms with Gasteiger partial charge >= 0.3 is 0 Å². The van der Waals surface area contributed by atoms with Crippen molar-refractivity contribution in [1.82, 2.24) is 4.98 Å². The molecule has 0 saturated heterocycles. The first-order valence-electron chi connectivity index (χ1n) is 7.90. The number of hydrogen-bond acceptors (Lipinski definition) is 6. The average molecular weight is 360 g/mol. The van der Waals surface area contributed by atoms with Crippen molar-refractivity contribution in [2.24, 2.45) is 10.2 Å². The number of thiazole rings is 1. The Labute approximate surface area is 155 Å². The van der Waals surface area contributed by atoms with Crippen molar-refractivity contribution in [1.29, 1.82) is 5.26 Å². The Morgan fingerprint density at radius 3 is 2.50 bits per heavy atom. The van der Waals surface area contributed by atoms with Crippen LogP contribution in [0.3, 0.4) is 0 Å². The molecule has 3 aromatic rings. The number of aromatic nitrogens is 1. The van der Waals surface area contributed by atoms with Gasteiger partial charge in [-0.15, -0.1) is 10.2 Å². The molecule has 0 aliphatic heterocycles. The molecule has 1 aromatic heterocycles. The summed E-state index contributed by atoms with van der Waals surface area (Å²) in [4.78, 5) is 4.47. The molecule has 0 unspecified atom stereocenters. The topological polar surface area (TPSA) is 70.6 Å². The van der Waals surface area contributed by atoms with E-state index in [-0.39, 0.29) is 0 Å². The summed E-state index contributed by atoms with van der Waals surface area (Å²) in [6.07, 6.45) is 1.80. The first kappa shape index (κ1) is 17.5. The largest absolute Gasteiger partial charge is 0.497 e. The van der Waals surface area contributed by atoms with E-state index < -0.39 is 0 Å². The molecule has 128 valence electrons. The number of nitrogens with zero attached hydrogens (tertiary/aromatic N) is 4. The molecule has 1 heterocycles. The highest BCUT2D eigenvalue weighted by Crippen LogP contribution is 2.33. The molecule has 0 N–H and O–H groups in total. The van der Waals surface area contributed by atoms with Crippen LogP contribution in [0.25, 0.3) is 11.6 Å². The quantitative estimate of drug-likeness (QED) is 0.417. The molecular weight excluding hydrogens is 344 g/mol. The van der Waals surface area contributed by atoms with Crippen LogP contribution in [0.15, 0.2) is 64.8 Å². The summed E-state index contributed by atoms with van der Waals surface area (Å²) in [7, 11) is 1.62. The summed E-state index contributed by atoms with van der Waals surface area (Å²) >= 11 is 1.35. The fourth-order valence-corrected chi connectivity index (χ4v) is 3.06. The molecule has 2 aromatic carbocycles. The normalized spacial score (nSPS) is 11.5. The van der Waals surface area contributed by atoms with Gasteiger partial charge in [-0.05, 0) is 42.8 Å². The lowest BCUT2D eigenvalue weighted by Crippen LogP contribution is -1.83. The lowest BCUT2D eigenvalue weighted by atomic mass is 10.1. The van der Waals surface area contributed by atoms with Crippen molar-refractivity contribution in [3.8, 4) is 11.8 Å². The van der Waals surface area contributed by atoms with Gasteiger partial charge in [-0.2, -0.15) is 5.26 Å². The molecule has 5 nitrogen and oxygen atoms in total. The van der Waals surface area contributed by atoms with Crippen LogP contribution >= 0.6 is 11.3 Å². The zero-order valence-corrected chi connectivity index (χ0v) is 15.2. The maximum absolute atomic E-state index is 9.52. The second-order valence-corrected chi connectivity index (χ2v) is 6.37. The molecule has 0 amide bonds. The van der Waals surface area contributed by atoms with Gasteiger partial charge in [0.25, 0.3) is 0 Å². The Bertz CT molecular complexity index is 983. The van der Waals surface area contributed by atoms with Crippen LogP contribution in [0, 0.1) is 18.3 Å². The molecule has 0 aliphatic rings. The van der Waals surface area contributed by atoms with Gasteiger partial charge in [0.2, 0.25) is 0 Å². The number of allylic oxidation sites excluding steroid dienone is 1. The maximum Gasteiger partial charge on any atom is 0.162 e. The van der Waals surface area contributed by atoms with E-state index in [4.69, 9.17) is 4.74 Å². The highest BCUT2D eigenvalue weighted by molar-refractivity contribution is 7.16. The number of azo groups is 1. The number of rotatable bonds is 5. The first-order valence-corrected chi connectivity index (χ1v) is 8.71. The molecule has 0 aliphatic carbocycles. The third-order valence-corrected chi connectivity index (χ3v) is 4.64. The molecular formula is C20H16N4OS. The Balaban J connectivity index is 1.87. The predicted octanol–water partition coefficient (Wildman–Crippen LogP) is 5.94. The Morgan fingerprint density at radius 2 is 1.85 bits per heavy atom. The van der Waals surface area contributed by atoms with E-state index in [1.807, 2.05) is 61.5 Å². The molecule has 3 rings (SSSR count). The zero-order valence-electron chi connectivity index (χ0n) is 14.4. The molecule has 0 atom stereocenters. The third kappa shape index (κ3) is 4.21. The minimum atomic E-state index is 0.490. The van der Waals surface area contributed by atoms with Crippen LogP contribution in [0.1, 0.15) is 16.3 Å². The van der Waals surface area contributed by atoms with Crippen LogP contribution in [0.5, 0.6) is 5.75 Å². The van der Waals surface area contributed by atoms with Crippen molar-refractivity contribution >= 4 is 33.7 Å². The number of nitriles is 1. The van der Waals surface area contributed by atoms with Gasteiger partial charge in [-0.3, -0.25) is 0 Å². The van der Waals surface area contributed by atoms with Crippen molar-refractivity contribution in [2.75, 3.05) is 7.11 Å². The molecule has 0 saturated carbocycles. The Morgan fingerprint density at radius 1 is 1.12 bits per heavy atom. The summed E-state index contributed by atoms with van der Waals surface area (Å²) < 4.78 is 5.15. The second kappa shape index (κ2) is 8.19. The van der Waals surface area contributed by atoms with Gasteiger partial charge in [-0.25, -0.2) is 4.98 Å². The van der Waals surface area contributed by atoms with E-state index in [1.54, 1.807) is 13.2 Å². The third-order valence-electron chi connectivity index (χ3n) is 3.56. The fourth-order valence-electron chi connectivity index (χ4n) is 2.20. The van der Waals surface area contributed by atoms with Crippen molar-refractivity contribution < 1.29 is 4.74 Å².